The molecule has 0 spiro atoms. The van der Waals surface area contributed by atoms with Crippen LogP contribution in [0.5, 0.6) is 0 Å². The van der Waals surface area contributed by atoms with Crippen LogP contribution < -0.4 is 0 Å². The maximum atomic E-state index is 10.9. The molecule has 0 N–H and O–H groups in total. The third-order valence-electron chi connectivity index (χ3n) is 2.99. The lowest BCUT2D eigenvalue weighted by Crippen LogP contribution is -2.47. The largest absolute Gasteiger partial charge is 0.459 e. The van der Waals surface area contributed by atoms with E-state index in [2.05, 4.69) is 29.8 Å². The van der Waals surface area contributed by atoms with Gasteiger partial charge >= 0.3 is 5.97 Å². The molecule has 0 aliphatic carbocycles. The van der Waals surface area contributed by atoms with Gasteiger partial charge in [-0.3, -0.25) is 4.79 Å². The Morgan fingerprint density at radius 2 is 1.86 bits per heavy atom. The standard InChI is InChI=1S/C10H17BrO3/c1-5-6(2)9(14-8(4)12)10(11)13-7(5)3/h5-7,9-10H,1-4H3/t5-,6+,7-,9-,10-/m0/s1. The predicted octanol–water partition coefficient (Wildman–Crippen LogP) is 2.33. The summed E-state index contributed by atoms with van der Waals surface area (Å²) in [7, 11) is 0. The molecule has 0 aromatic carbocycles. The summed E-state index contributed by atoms with van der Waals surface area (Å²) in [6.07, 6.45) is 0.0138. The Kier molecular flexibility index (Phi) is 3.95. The molecule has 0 aromatic heterocycles. The van der Waals surface area contributed by atoms with E-state index in [4.69, 9.17) is 9.47 Å². The molecule has 4 heteroatoms. The van der Waals surface area contributed by atoms with Crippen molar-refractivity contribution in [1.82, 2.24) is 0 Å². The van der Waals surface area contributed by atoms with Crippen molar-refractivity contribution in [2.24, 2.45) is 11.8 Å². The summed E-state index contributed by atoms with van der Waals surface area (Å²) in [6.45, 7) is 7.67. The lowest BCUT2D eigenvalue weighted by molar-refractivity contribution is -0.173. The van der Waals surface area contributed by atoms with Crippen LogP contribution in [0.4, 0.5) is 0 Å². The average Bonchev–Trinajstić information content (AvgIpc) is 2.09. The van der Waals surface area contributed by atoms with Gasteiger partial charge in [0.15, 0.2) is 0 Å². The van der Waals surface area contributed by atoms with Crippen LogP contribution in [0.2, 0.25) is 0 Å². The SMILES string of the molecule is CC(=O)O[C@H]1[C@H](C)[C@H](C)[C@H](C)O[C@@H]1Br. The molecule has 1 heterocycles. The Bertz CT molecular complexity index is 219. The van der Waals surface area contributed by atoms with E-state index in [0.29, 0.717) is 11.8 Å². The lowest BCUT2D eigenvalue weighted by atomic mass is 9.85. The lowest BCUT2D eigenvalue weighted by Gasteiger charge is -2.40. The highest BCUT2D eigenvalue weighted by Crippen LogP contribution is 2.34. The quantitative estimate of drug-likeness (QED) is 0.539. The molecule has 0 amide bonds. The van der Waals surface area contributed by atoms with Gasteiger partial charge in [-0.1, -0.05) is 29.8 Å². The zero-order valence-corrected chi connectivity index (χ0v) is 10.6. The van der Waals surface area contributed by atoms with Crippen molar-refractivity contribution in [1.29, 1.82) is 0 Å². The minimum Gasteiger partial charge on any atom is -0.459 e. The van der Waals surface area contributed by atoms with Gasteiger partial charge in [-0.2, -0.15) is 0 Å². The molecule has 1 fully saturated rings. The summed E-state index contributed by atoms with van der Waals surface area (Å²) in [6, 6.07) is 0. The molecule has 82 valence electrons. The van der Waals surface area contributed by atoms with E-state index in [-0.39, 0.29) is 23.2 Å². The second-order valence-corrected chi connectivity index (χ2v) is 4.89. The number of carbonyl (C=O) groups is 1. The van der Waals surface area contributed by atoms with Gasteiger partial charge in [0, 0.05) is 12.8 Å². The molecule has 3 nitrogen and oxygen atoms in total. The summed E-state index contributed by atoms with van der Waals surface area (Å²) in [5.41, 5.74) is 0. The summed E-state index contributed by atoms with van der Waals surface area (Å²) in [4.78, 5) is 10.9. The molecular formula is C10H17BrO3. The zero-order valence-electron chi connectivity index (χ0n) is 8.99. The third kappa shape index (κ3) is 2.48. The fourth-order valence-electron chi connectivity index (χ4n) is 1.72. The summed E-state index contributed by atoms with van der Waals surface area (Å²) in [5.74, 6) is 0.455. The maximum absolute atomic E-state index is 10.9. The number of ether oxygens (including phenoxy) is 2. The fraction of sp³-hybridized carbons (Fsp3) is 0.900. The molecule has 1 rings (SSSR count). The van der Waals surface area contributed by atoms with E-state index in [0.717, 1.165) is 0 Å². The second-order valence-electron chi connectivity index (χ2n) is 3.98. The van der Waals surface area contributed by atoms with Gasteiger partial charge in [-0.05, 0) is 12.8 Å². The van der Waals surface area contributed by atoms with Crippen LogP contribution in [0.15, 0.2) is 0 Å². The number of hydrogen-bond acceptors (Lipinski definition) is 3. The third-order valence-corrected chi connectivity index (χ3v) is 3.73. The molecular weight excluding hydrogens is 248 g/mol. The molecule has 1 saturated heterocycles. The van der Waals surface area contributed by atoms with E-state index in [9.17, 15) is 4.79 Å². The van der Waals surface area contributed by atoms with Crippen LogP contribution in [0.25, 0.3) is 0 Å². The Hall–Kier alpha value is -0.0900. The number of hydrogen-bond donors (Lipinski definition) is 0. The molecule has 0 saturated carbocycles. The highest BCUT2D eigenvalue weighted by atomic mass is 79.9. The van der Waals surface area contributed by atoms with Gasteiger partial charge in [-0.25, -0.2) is 0 Å². The van der Waals surface area contributed by atoms with Crippen molar-refractivity contribution >= 4 is 21.9 Å². The Morgan fingerprint density at radius 1 is 1.29 bits per heavy atom. The van der Waals surface area contributed by atoms with Crippen LogP contribution in [0.3, 0.4) is 0 Å². The highest BCUT2D eigenvalue weighted by Gasteiger charge is 2.40. The van der Waals surface area contributed by atoms with Crippen LogP contribution in [-0.2, 0) is 14.3 Å². The number of carbonyl (C=O) groups excluding carboxylic acids is 1. The average molecular weight is 265 g/mol. The fourth-order valence-corrected chi connectivity index (χ4v) is 2.65. The Balaban J connectivity index is 2.68. The first-order valence-corrected chi connectivity index (χ1v) is 5.81. The van der Waals surface area contributed by atoms with Crippen molar-refractivity contribution < 1.29 is 14.3 Å². The molecule has 1 aliphatic heterocycles. The number of alkyl halides is 1. The molecule has 0 aromatic rings. The van der Waals surface area contributed by atoms with E-state index in [1.807, 2.05) is 6.92 Å². The summed E-state index contributed by atoms with van der Waals surface area (Å²) >= 11 is 3.39. The number of halogens is 1. The first kappa shape index (κ1) is 12.0. The van der Waals surface area contributed by atoms with Crippen LogP contribution in [0, 0.1) is 11.8 Å². The van der Waals surface area contributed by atoms with Crippen LogP contribution in [0.1, 0.15) is 27.7 Å². The molecule has 0 radical (unpaired) electrons. The molecule has 0 unspecified atom stereocenters. The maximum Gasteiger partial charge on any atom is 0.303 e. The van der Waals surface area contributed by atoms with Gasteiger partial charge in [0.05, 0.1) is 6.10 Å². The zero-order chi connectivity index (χ0) is 10.9. The highest BCUT2D eigenvalue weighted by molar-refractivity contribution is 9.09. The Morgan fingerprint density at radius 3 is 2.36 bits per heavy atom. The number of esters is 1. The first-order valence-electron chi connectivity index (χ1n) is 4.90. The summed E-state index contributed by atoms with van der Waals surface area (Å²) in [5, 5.41) is -0.187. The normalized spacial score (nSPS) is 43.4. The second kappa shape index (κ2) is 4.62. The minimum atomic E-state index is -0.253. The minimum absolute atomic E-state index is 0.182. The van der Waals surface area contributed by atoms with E-state index >= 15 is 0 Å². The van der Waals surface area contributed by atoms with Crippen molar-refractivity contribution in [3.05, 3.63) is 0 Å². The first-order chi connectivity index (χ1) is 6.43. The summed E-state index contributed by atoms with van der Waals surface area (Å²) < 4.78 is 10.8. The van der Waals surface area contributed by atoms with Crippen molar-refractivity contribution in [3.63, 3.8) is 0 Å². The molecule has 0 bridgehead atoms. The molecule has 5 atom stereocenters. The van der Waals surface area contributed by atoms with Crippen LogP contribution in [-0.4, -0.2) is 23.2 Å². The van der Waals surface area contributed by atoms with Gasteiger partial charge in [0.1, 0.15) is 11.1 Å². The van der Waals surface area contributed by atoms with Crippen molar-refractivity contribution in [2.45, 2.75) is 44.9 Å². The van der Waals surface area contributed by atoms with Gasteiger partial charge < -0.3 is 9.47 Å². The van der Waals surface area contributed by atoms with E-state index in [1.165, 1.54) is 6.92 Å². The van der Waals surface area contributed by atoms with Gasteiger partial charge in [-0.15, -0.1) is 0 Å². The van der Waals surface area contributed by atoms with E-state index in [1.54, 1.807) is 0 Å². The molecule has 14 heavy (non-hydrogen) atoms. The van der Waals surface area contributed by atoms with Gasteiger partial charge in [0.25, 0.3) is 0 Å². The molecule has 1 aliphatic rings. The van der Waals surface area contributed by atoms with Gasteiger partial charge in [0.2, 0.25) is 0 Å². The smallest absolute Gasteiger partial charge is 0.303 e. The van der Waals surface area contributed by atoms with E-state index < -0.39 is 0 Å². The van der Waals surface area contributed by atoms with Crippen molar-refractivity contribution in [2.75, 3.05) is 0 Å². The topological polar surface area (TPSA) is 35.5 Å². The number of rotatable bonds is 1. The van der Waals surface area contributed by atoms with Crippen LogP contribution >= 0.6 is 15.9 Å². The monoisotopic (exact) mass is 264 g/mol. The predicted molar refractivity (Wildman–Crippen MR) is 57.1 cm³/mol. The van der Waals surface area contributed by atoms with Crippen molar-refractivity contribution in [3.8, 4) is 0 Å². The Labute approximate surface area is 93.3 Å².